The fourth-order valence-electron chi connectivity index (χ4n) is 1.25. The Labute approximate surface area is 102 Å². The van der Waals surface area contributed by atoms with Gasteiger partial charge in [0.05, 0.1) is 9.21 Å². The first-order valence-corrected chi connectivity index (χ1v) is 5.97. The van der Waals surface area contributed by atoms with Crippen LogP contribution in [0.1, 0.15) is 15.5 Å². The third-order valence-electron chi connectivity index (χ3n) is 2.00. The van der Waals surface area contributed by atoms with Crippen molar-refractivity contribution in [2.45, 2.75) is 6.42 Å². The number of nitrogens with zero attached hydrogens (tertiary/aromatic N) is 1. The molecule has 16 heavy (non-hydrogen) atoms. The number of carbonyl (C=O) groups excluding carboxylic acids is 1. The Kier molecular flexibility index (Phi) is 3.58. The highest BCUT2D eigenvalue weighted by molar-refractivity contribution is 7.17. The molecule has 0 bridgehead atoms. The summed E-state index contributed by atoms with van der Waals surface area (Å²) in [5, 5.41) is 2.80. The fourth-order valence-corrected chi connectivity index (χ4v) is 2.21. The normalized spacial score (nSPS) is 10.3. The standard InChI is InChI=1S/C10H10ClN3OS/c11-8-2-1-7(16-8)10(15)14-4-3-9-12-5-6-13-9/h1-2,5-6H,3-4H2,(H,12,13)(H,14,15). The van der Waals surface area contributed by atoms with Crippen molar-refractivity contribution in [3.63, 3.8) is 0 Å². The molecule has 0 unspecified atom stereocenters. The van der Waals surface area contributed by atoms with E-state index in [1.165, 1.54) is 11.3 Å². The molecule has 4 nitrogen and oxygen atoms in total. The van der Waals surface area contributed by atoms with Crippen LogP contribution >= 0.6 is 22.9 Å². The quantitative estimate of drug-likeness (QED) is 0.879. The average Bonchev–Trinajstić information content (AvgIpc) is 2.89. The van der Waals surface area contributed by atoms with Gasteiger partial charge in [-0.2, -0.15) is 0 Å². The molecule has 0 aliphatic heterocycles. The SMILES string of the molecule is O=C(NCCc1ncc[nH]1)c1ccc(Cl)s1. The summed E-state index contributed by atoms with van der Waals surface area (Å²) in [6.45, 7) is 0.557. The zero-order valence-corrected chi connectivity index (χ0v) is 9.94. The van der Waals surface area contributed by atoms with Crippen LogP contribution in [0.5, 0.6) is 0 Å². The van der Waals surface area contributed by atoms with Crippen molar-refractivity contribution in [2.24, 2.45) is 0 Å². The topological polar surface area (TPSA) is 57.8 Å². The van der Waals surface area contributed by atoms with Crippen molar-refractivity contribution >= 4 is 28.8 Å². The van der Waals surface area contributed by atoms with Gasteiger partial charge in [-0.1, -0.05) is 11.6 Å². The molecule has 6 heteroatoms. The van der Waals surface area contributed by atoms with Crippen LogP contribution in [-0.2, 0) is 6.42 Å². The first kappa shape index (κ1) is 11.2. The van der Waals surface area contributed by atoms with E-state index in [4.69, 9.17) is 11.6 Å². The monoisotopic (exact) mass is 255 g/mol. The number of hydrogen-bond donors (Lipinski definition) is 2. The van der Waals surface area contributed by atoms with Crippen molar-refractivity contribution in [1.82, 2.24) is 15.3 Å². The van der Waals surface area contributed by atoms with E-state index in [0.717, 1.165) is 5.82 Å². The molecule has 2 aromatic rings. The zero-order valence-electron chi connectivity index (χ0n) is 8.37. The Morgan fingerprint density at radius 1 is 1.56 bits per heavy atom. The maximum absolute atomic E-state index is 11.6. The van der Waals surface area contributed by atoms with Crippen LogP contribution in [0.15, 0.2) is 24.5 Å². The molecule has 0 aliphatic rings. The van der Waals surface area contributed by atoms with Gasteiger partial charge in [-0.25, -0.2) is 4.98 Å². The summed E-state index contributed by atoms with van der Waals surface area (Å²) >= 11 is 7.02. The number of imidazole rings is 1. The third kappa shape index (κ3) is 2.84. The number of nitrogens with one attached hydrogen (secondary N) is 2. The number of H-pyrrole nitrogens is 1. The molecule has 0 aromatic carbocycles. The lowest BCUT2D eigenvalue weighted by Gasteiger charge is -2.01. The number of thiophene rings is 1. The van der Waals surface area contributed by atoms with Crippen LogP contribution in [-0.4, -0.2) is 22.4 Å². The summed E-state index contributed by atoms with van der Waals surface area (Å²) in [7, 11) is 0. The first-order valence-electron chi connectivity index (χ1n) is 4.77. The maximum Gasteiger partial charge on any atom is 0.261 e. The number of rotatable bonds is 4. The lowest BCUT2D eigenvalue weighted by Crippen LogP contribution is -2.25. The Morgan fingerprint density at radius 2 is 2.44 bits per heavy atom. The van der Waals surface area contributed by atoms with Crippen molar-refractivity contribution in [1.29, 1.82) is 0 Å². The van der Waals surface area contributed by atoms with E-state index in [1.54, 1.807) is 24.5 Å². The van der Waals surface area contributed by atoms with E-state index in [0.29, 0.717) is 22.2 Å². The molecule has 0 radical (unpaired) electrons. The van der Waals surface area contributed by atoms with E-state index >= 15 is 0 Å². The van der Waals surface area contributed by atoms with Crippen molar-refractivity contribution < 1.29 is 4.79 Å². The predicted octanol–water partition coefficient (Wildman–Crippen LogP) is 2.10. The van der Waals surface area contributed by atoms with Gasteiger partial charge in [-0.3, -0.25) is 4.79 Å². The number of amides is 1. The summed E-state index contributed by atoms with van der Waals surface area (Å²) in [6.07, 6.45) is 4.14. The molecule has 0 fully saturated rings. The molecular weight excluding hydrogens is 246 g/mol. The van der Waals surface area contributed by atoms with Crippen LogP contribution in [0.25, 0.3) is 0 Å². The third-order valence-corrected chi connectivity index (χ3v) is 3.23. The Morgan fingerprint density at radius 3 is 3.06 bits per heavy atom. The Balaban J connectivity index is 1.80. The largest absolute Gasteiger partial charge is 0.351 e. The molecule has 0 saturated carbocycles. The van der Waals surface area contributed by atoms with Gasteiger partial charge in [0.2, 0.25) is 0 Å². The average molecular weight is 256 g/mol. The van der Waals surface area contributed by atoms with E-state index < -0.39 is 0 Å². The lowest BCUT2D eigenvalue weighted by atomic mass is 10.4. The van der Waals surface area contributed by atoms with E-state index in [1.807, 2.05) is 0 Å². The molecule has 0 aliphatic carbocycles. The maximum atomic E-state index is 11.6. The Bertz CT molecular complexity index is 466. The summed E-state index contributed by atoms with van der Waals surface area (Å²) in [6, 6.07) is 3.43. The molecule has 2 heterocycles. The summed E-state index contributed by atoms with van der Waals surface area (Å²) in [4.78, 5) is 19.3. The van der Waals surface area contributed by atoms with Gasteiger partial charge >= 0.3 is 0 Å². The van der Waals surface area contributed by atoms with Crippen LogP contribution in [0.3, 0.4) is 0 Å². The van der Waals surface area contributed by atoms with Gasteiger partial charge < -0.3 is 10.3 Å². The molecule has 84 valence electrons. The van der Waals surface area contributed by atoms with Gasteiger partial charge in [0.25, 0.3) is 5.91 Å². The van der Waals surface area contributed by atoms with Gasteiger partial charge in [0.15, 0.2) is 0 Å². The van der Waals surface area contributed by atoms with E-state index in [2.05, 4.69) is 15.3 Å². The van der Waals surface area contributed by atoms with Gasteiger partial charge in [0.1, 0.15) is 5.82 Å². The highest BCUT2D eigenvalue weighted by atomic mass is 35.5. The number of carbonyl (C=O) groups is 1. The summed E-state index contributed by atoms with van der Waals surface area (Å²) < 4.78 is 0.621. The molecule has 2 aromatic heterocycles. The van der Waals surface area contributed by atoms with E-state index in [-0.39, 0.29) is 5.91 Å². The van der Waals surface area contributed by atoms with Crippen LogP contribution in [0.2, 0.25) is 4.34 Å². The van der Waals surface area contributed by atoms with Crippen molar-refractivity contribution in [2.75, 3.05) is 6.54 Å². The number of halogens is 1. The van der Waals surface area contributed by atoms with Gasteiger partial charge in [-0.05, 0) is 12.1 Å². The van der Waals surface area contributed by atoms with E-state index in [9.17, 15) is 4.79 Å². The smallest absolute Gasteiger partial charge is 0.261 e. The molecular formula is C10H10ClN3OS. The summed E-state index contributed by atoms with van der Waals surface area (Å²) in [5.41, 5.74) is 0. The van der Waals surface area contributed by atoms with Gasteiger partial charge in [-0.15, -0.1) is 11.3 Å². The molecule has 0 spiro atoms. The van der Waals surface area contributed by atoms with Crippen LogP contribution in [0, 0.1) is 0 Å². The van der Waals surface area contributed by atoms with Crippen molar-refractivity contribution in [3.05, 3.63) is 39.6 Å². The minimum absolute atomic E-state index is 0.0940. The minimum Gasteiger partial charge on any atom is -0.351 e. The van der Waals surface area contributed by atoms with Crippen LogP contribution in [0.4, 0.5) is 0 Å². The predicted molar refractivity (Wildman–Crippen MR) is 64.0 cm³/mol. The first-order chi connectivity index (χ1) is 7.75. The Hall–Kier alpha value is -1.33. The van der Waals surface area contributed by atoms with Crippen LogP contribution < -0.4 is 5.32 Å². The highest BCUT2D eigenvalue weighted by Gasteiger charge is 2.07. The minimum atomic E-state index is -0.0940. The summed E-state index contributed by atoms with van der Waals surface area (Å²) in [5.74, 6) is 0.771. The molecule has 2 rings (SSSR count). The lowest BCUT2D eigenvalue weighted by molar-refractivity contribution is 0.0958. The second-order valence-electron chi connectivity index (χ2n) is 3.15. The zero-order chi connectivity index (χ0) is 11.4. The number of aromatic nitrogens is 2. The number of hydrogen-bond acceptors (Lipinski definition) is 3. The highest BCUT2D eigenvalue weighted by Crippen LogP contribution is 2.20. The number of aromatic amines is 1. The molecule has 2 N–H and O–H groups in total. The molecule has 1 amide bonds. The fraction of sp³-hybridized carbons (Fsp3) is 0.200. The van der Waals surface area contributed by atoms with Gasteiger partial charge in [0, 0.05) is 25.4 Å². The van der Waals surface area contributed by atoms with Crippen molar-refractivity contribution in [3.8, 4) is 0 Å². The second-order valence-corrected chi connectivity index (χ2v) is 4.86. The molecule has 0 saturated heterocycles. The second kappa shape index (κ2) is 5.14. The molecule has 0 atom stereocenters.